The molecule has 2 saturated heterocycles. The van der Waals surface area contributed by atoms with Gasteiger partial charge in [-0.15, -0.1) is 12.4 Å². The van der Waals surface area contributed by atoms with Crippen molar-refractivity contribution in [2.75, 3.05) is 41.4 Å². The summed E-state index contributed by atoms with van der Waals surface area (Å²) in [4.78, 5) is 30.1. The van der Waals surface area contributed by atoms with E-state index in [0.29, 0.717) is 43.6 Å². The maximum Gasteiger partial charge on any atom is 0.269 e. The van der Waals surface area contributed by atoms with Crippen LogP contribution in [0.1, 0.15) is 23.2 Å². The van der Waals surface area contributed by atoms with Crippen molar-refractivity contribution in [2.24, 2.45) is 22.9 Å². The number of nitrogens with zero attached hydrogens (tertiary/aromatic N) is 5. The number of nitrogens with two attached hydrogens (primary N) is 4. The summed E-state index contributed by atoms with van der Waals surface area (Å²) < 4.78 is 0.884. The van der Waals surface area contributed by atoms with E-state index in [0.717, 1.165) is 17.3 Å². The van der Waals surface area contributed by atoms with Gasteiger partial charge in [0.15, 0.2) is 0 Å². The Hall–Kier alpha value is -2.29. The fourth-order valence-electron chi connectivity index (χ4n) is 4.16. The molecule has 186 valence electrons. The van der Waals surface area contributed by atoms with E-state index in [2.05, 4.69) is 41.7 Å². The topological polar surface area (TPSA) is 190 Å². The molecule has 4 rings (SSSR count). The van der Waals surface area contributed by atoms with Crippen LogP contribution in [-0.2, 0) is 0 Å². The van der Waals surface area contributed by atoms with E-state index >= 15 is 0 Å². The van der Waals surface area contributed by atoms with Crippen LogP contribution in [0.3, 0.4) is 0 Å². The molecule has 2 aromatic rings. The minimum absolute atomic E-state index is 0. The van der Waals surface area contributed by atoms with Crippen LogP contribution in [0.15, 0.2) is 28.7 Å². The largest absolute Gasteiger partial charge is 0.338 e. The molecular weight excluding hydrogens is 526 g/mol. The second-order valence-corrected chi connectivity index (χ2v) is 9.58. The van der Waals surface area contributed by atoms with Gasteiger partial charge in [-0.1, -0.05) is 15.9 Å². The SMILES string of the molecule is Cl.N[C@@H]1C[C@H](N)CN(c2nc(NNC(=O)c3ccc(Br)cc3)nc(N3C[C@H](N)C[C@H](N)C3)n2)C1. The van der Waals surface area contributed by atoms with Crippen molar-refractivity contribution in [3.05, 3.63) is 34.3 Å². The molecule has 0 radical (unpaired) electrons. The summed E-state index contributed by atoms with van der Waals surface area (Å²) in [5, 5.41) is 0. The van der Waals surface area contributed by atoms with Crippen LogP contribution < -0.4 is 43.6 Å². The molecule has 14 heteroatoms. The van der Waals surface area contributed by atoms with Gasteiger partial charge in [0.2, 0.25) is 17.8 Å². The van der Waals surface area contributed by atoms with Gasteiger partial charge in [0, 0.05) is 60.4 Å². The molecule has 12 nitrogen and oxygen atoms in total. The van der Waals surface area contributed by atoms with Crippen LogP contribution in [0.5, 0.6) is 0 Å². The Morgan fingerprint density at radius 3 is 1.71 bits per heavy atom. The first kappa shape index (κ1) is 26.3. The number of hydrogen-bond donors (Lipinski definition) is 6. The number of aromatic nitrogens is 3. The second-order valence-electron chi connectivity index (χ2n) is 8.67. The molecule has 1 aromatic carbocycles. The van der Waals surface area contributed by atoms with Gasteiger partial charge in [0.1, 0.15) is 0 Å². The van der Waals surface area contributed by atoms with Gasteiger partial charge in [-0.3, -0.25) is 15.6 Å². The van der Waals surface area contributed by atoms with Gasteiger partial charge in [0.25, 0.3) is 5.91 Å². The third-order valence-electron chi connectivity index (χ3n) is 5.60. The van der Waals surface area contributed by atoms with Crippen LogP contribution >= 0.6 is 28.3 Å². The molecule has 0 saturated carbocycles. The molecule has 3 heterocycles. The van der Waals surface area contributed by atoms with Gasteiger partial charge in [-0.25, -0.2) is 0 Å². The van der Waals surface area contributed by atoms with Crippen molar-refractivity contribution in [1.82, 2.24) is 20.4 Å². The molecule has 2 aliphatic rings. The number of hydrazine groups is 1. The summed E-state index contributed by atoms with van der Waals surface area (Å²) in [6.45, 7) is 2.28. The summed E-state index contributed by atoms with van der Waals surface area (Å²) in [6.07, 6.45) is 1.47. The van der Waals surface area contributed by atoms with E-state index in [1.807, 2.05) is 9.80 Å². The highest BCUT2D eigenvalue weighted by Gasteiger charge is 2.28. The number of hydrogen-bond acceptors (Lipinski definition) is 11. The molecule has 0 aliphatic carbocycles. The number of carbonyl (C=O) groups is 1. The minimum Gasteiger partial charge on any atom is -0.338 e. The first-order valence-electron chi connectivity index (χ1n) is 10.9. The Kier molecular flexibility index (Phi) is 8.84. The third kappa shape index (κ3) is 6.64. The summed E-state index contributed by atoms with van der Waals surface area (Å²) in [7, 11) is 0. The number of benzene rings is 1. The van der Waals surface area contributed by atoms with Gasteiger partial charge in [-0.2, -0.15) is 15.0 Å². The van der Waals surface area contributed by atoms with Crippen molar-refractivity contribution < 1.29 is 4.79 Å². The predicted molar refractivity (Wildman–Crippen MR) is 138 cm³/mol. The predicted octanol–water partition coefficient (Wildman–Crippen LogP) is -0.458. The molecule has 2 fully saturated rings. The molecule has 10 N–H and O–H groups in total. The highest BCUT2D eigenvalue weighted by molar-refractivity contribution is 9.10. The average Bonchev–Trinajstić information content (AvgIpc) is 2.76. The van der Waals surface area contributed by atoms with Crippen molar-refractivity contribution in [3.8, 4) is 0 Å². The molecule has 34 heavy (non-hydrogen) atoms. The standard InChI is InChI=1S/C20H30BrN11O.ClH/c21-12-3-1-11(2-4-12)17(33)29-30-18-26-19(31-7-13(22)5-14(23)8-31)28-20(27-18)32-9-15(24)6-16(25)10-32;/h1-4,13-16H,5-10,22-25H2,(H,29,33)(H,26,27,28,30);1H/t13-,14+,15-,16+;. The monoisotopic (exact) mass is 555 g/mol. The summed E-state index contributed by atoms with van der Waals surface area (Å²) >= 11 is 3.36. The molecule has 2 aliphatic heterocycles. The highest BCUT2D eigenvalue weighted by Crippen LogP contribution is 2.22. The number of carbonyl (C=O) groups excluding carboxylic acids is 1. The Balaban J connectivity index is 0.00000324. The smallest absolute Gasteiger partial charge is 0.269 e. The van der Waals surface area contributed by atoms with Crippen molar-refractivity contribution in [1.29, 1.82) is 0 Å². The van der Waals surface area contributed by atoms with Crippen LogP contribution in [0, 0.1) is 0 Å². The fraction of sp³-hybridized carbons (Fsp3) is 0.500. The molecule has 0 spiro atoms. The quantitative estimate of drug-likeness (QED) is 0.261. The maximum atomic E-state index is 12.5. The number of piperidine rings is 2. The lowest BCUT2D eigenvalue weighted by Crippen LogP contribution is -2.54. The zero-order valence-electron chi connectivity index (χ0n) is 18.6. The molecule has 0 bridgehead atoms. The Bertz CT molecular complexity index is 917. The van der Waals surface area contributed by atoms with Crippen molar-refractivity contribution >= 4 is 52.1 Å². The normalized spacial score (nSPS) is 24.9. The van der Waals surface area contributed by atoms with E-state index in [1.54, 1.807) is 24.3 Å². The van der Waals surface area contributed by atoms with E-state index < -0.39 is 0 Å². The van der Waals surface area contributed by atoms with E-state index in [9.17, 15) is 4.79 Å². The lowest BCUT2D eigenvalue weighted by Gasteiger charge is -2.36. The van der Waals surface area contributed by atoms with Crippen molar-refractivity contribution in [3.63, 3.8) is 0 Å². The Morgan fingerprint density at radius 2 is 1.26 bits per heavy atom. The van der Waals surface area contributed by atoms with Gasteiger partial charge >= 0.3 is 0 Å². The van der Waals surface area contributed by atoms with Gasteiger partial charge in [0.05, 0.1) is 0 Å². The Morgan fingerprint density at radius 1 is 0.824 bits per heavy atom. The first-order valence-corrected chi connectivity index (χ1v) is 11.7. The van der Waals surface area contributed by atoms with Gasteiger partial charge < -0.3 is 32.7 Å². The second kappa shape index (κ2) is 11.4. The molecule has 4 atom stereocenters. The number of nitrogens with one attached hydrogen (secondary N) is 2. The fourth-order valence-corrected chi connectivity index (χ4v) is 4.43. The Labute approximate surface area is 212 Å². The summed E-state index contributed by atoms with van der Waals surface area (Å²) in [6, 6.07) is 6.66. The number of amides is 1. The van der Waals surface area contributed by atoms with Crippen LogP contribution in [0.2, 0.25) is 0 Å². The van der Waals surface area contributed by atoms with E-state index in [4.69, 9.17) is 22.9 Å². The zero-order chi connectivity index (χ0) is 23.5. The molecular formula is C20H31BrClN11O. The average molecular weight is 557 g/mol. The lowest BCUT2D eigenvalue weighted by atomic mass is 10.0. The summed E-state index contributed by atoms with van der Waals surface area (Å²) in [5.74, 6) is 0.730. The lowest BCUT2D eigenvalue weighted by molar-refractivity contribution is 0.0962. The van der Waals surface area contributed by atoms with Crippen LogP contribution in [0.4, 0.5) is 17.8 Å². The number of halogens is 2. The number of anilines is 3. The van der Waals surface area contributed by atoms with Gasteiger partial charge in [-0.05, 0) is 37.1 Å². The van der Waals surface area contributed by atoms with Crippen LogP contribution in [-0.4, -0.2) is 71.2 Å². The first-order chi connectivity index (χ1) is 15.8. The molecule has 0 unspecified atom stereocenters. The molecule has 1 amide bonds. The third-order valence-corrected chi connectivity index (χ3v) is 6.13. The minimum atomic E-state index is -0.324. The van der Waals surface area contributed by atoms with Crippen LogP contribution in [0.25, 0.3) is 0 Å². The highest BCUT2D eigenvalue weighted by atomic mass is 79.9. The zero-order valence-corrected chi connectivity index (χ0v) is 21.0. The van der Waals surface area contributed by atoms with E-state index in [1.165, 1.54) is 0 Å². The molecule has 1 aromatic heterocycles. The van der Waals surface area contributed by atoms with E-state index in [-0.39, 0.29) is 48.4 Å². The van der Waals surface area contributed by atoms with Crippen molar-refractivity contribution in [2.45, 2.75) is 37.0 Å². The summed E-state index contributed by atoms with van der Waals surface area (Å²) in [5.41, 5.74) is 30.6. The number of rotatable bonds is 5. The maximum absolute atomic E-state index is 12.5.